The average molecular weight is 370 g/mol. The fourth-order valence-electron chi connectivity index (χ4n) is 3.34. The van der Waals surface area contributed by atoms with Crippen molar-refractivity contribution in [3.8, 4) is 0 Å². The molecule has 3 rings (SSSR count). The van der Waals surface area contributed by atoms with Crippen molar-refractivity contribution in [3.05, 3.63) is 65.0 Å². The highest BCUT2D eigenvalue weighted by Gasteiger charge is 2.41. The van der Waals surface area contributed by atoms with Crippen molar-refractivity contribution >= 4 is 17.5 Å². The second-order valence-electron chi connectivity index (χ2n) is 6.69. The fraction of sp³-hybridized carbons (Fsp3) is 0.333. The van der Waals surface area contributed by atoms with E-state index in [1.807, 2.05) is 32.0 Å². The SMILES string of the molecule is COCCN1CC(=O)N(c2cccc(C)c2C)C(c2ccc(F)cc2)C1=O. The number of carbonyl (C=O) groups is 2. The number of piperazine rings is 1. The van der Waals surface area contributed by atoms with E-state index in [9.17, 15) is 14.0 Å². The van der Waals surface area contributed by atoms with Gasteiger partial charge in [0.1, 0.15) is 18.4 Å². The smallest absolute Gasteiger partial charge is 0.250 e. The molecule has 5 nitrogen and oxygen atoms in total. The molecule has 0 spiro atoms. The topological polar surface area (TPSA) is 49.9 Å². The van der Waals surface area contributed by atoms with Crippen molar-refractivity contribution in [2.24, 2.45) is 0 Å². The molecule has 0 radical (unpaired) electrons. The first-order chi connectivity index (χ1) is 12.9. The molecule has 0 N–H and O–H groups in total. The minimum absolute atomic E-state index is 0.00668. The van der Waals surface area contributed by atoms with E-state index < -0.39 is 6.04 Å². The Morgan fingerprint density at radius 2 is 1.81 bits per heavy atom. The summed E-state index contributed by atoms with van der Waals surface area (Å²) in [6, 6.07) is 10.6. The third kappa shape index (κ3) is 3.71. The van der Waals surface area contributed by atoms with Crippen LogP contribution in [0.5, 0.6) is 0 Å². The van der Waals surface area contributed by atoms with Crippen molar-refractivity contribution < 1.29 is 18.7 Å². The molecular weight excluding hydrogens is 347 g/mol. The molecule has 6 heteroatoms. The molecule has 0 aliphatic carbocycles. The molecule has 1 unspecified atom stereocenters. The zero-order valence-corrected chi connectivity index (χ0v) is 15.7. The lowest BCUT2D eigenvalue weighted by molar-refractivity contribution is -0.142. The number of benzene rings is 2. The number of anilines is 1. The Balaban J connectivity index is 2.09. The van der Waals surface area contributed by atoms with Gasteiger partial charge in [-0.1, -0.05) is 24.3 Å². The number of hydrogen-bond donors (Lipinski definition) is 0. The summed E-state index contributed by atoms with van der Waals surface area (Å²) in [5.74, 6) is -0.754. The van der Waals surface area contributed by atoms with Crippen molar-refractivity contribution in [1.29, 1.82) is 0 Å². The van der Waals surface area contributed by atoms with Gasteiger partial charge in [0.15, 0.2) is 0 Å². The van der Waals surface area contributed by atoms with E-state index in [0.717, 1.165) is 11.1 Å². The average Bonchev–Trinajstić information content (AvgIpc) is 2.65. The van der Waals surface area contributed by atoms with Crippen LogP contribution in [0.2, 0.25) is 0 Å². The third-order valence-corrected chi connectivity index (χ3v) is 4.99. The number of amides is 2. The highest BCUT2D eigenvalue weighted by Crippen LogP contribution is 2.35. The monoisotopic (exact) mass is 370 g/mol. The summed E-state index contributed by atoms with van der Waals surface area (Å²) in [6.45, 7) is 4.57. The van der Waals surface area contributed by atoms with Crippen LogP contribution >= 0.6 is 0 Å². The predicted octanol–water partition coefficient (Wildman–Crippen LogP) is 3.01. The maximum atomic E-state index is 13.4. The van der Waals surface area contributed by atoms with Crippen LogP contribution in [0.15, 0.2) is 42.5 Å². The van der Waals surface area contributed by atoms with Gasteiger partial charge in [-0.15, -0.1) is 0 Å². The van der Waals surface area contributed by atoms with Crippen LogP contribution < -0.4 is 4.90 Å². The molecule has 0 bridgehead atoms. The standard InChI is InChI=1S/C21H23FN2O3/c1-14-5-4-6-18(15(14)2)24-19(25)13-23(11-12-27-3)21(26)20(24)16-7-9-17(22)10-8-16/h4-10,20H,11-13H2,1-3H3. The van der Waals surface area contributed by atoms with Crippen LogP contribution in [0, 0.1) is 19.7 Å². The Morgan fingerprint density at radius 3 is 2.48 bits per heavy atom. The molecule has 2 amide bonds. The Kier molecular flexibility index (Phi) is 5.56. The molecule has 1 fully saturated rings. The Hall–Kier alpha value is -2.73. The molecule has 142 valence electrons. The number of rotatable bonds is 5. The van der Waals surface area contributed by atoms with Crippen LogP contribution in [-0.4, -0.2) is 43.5 Å². The van der Waals surface area contributed by atoms with Crippen molar-refractivity contribution in [2.45, 2.75) is 19.9 Å². The van der Waals surface area contributed by atoms with Crippen LogP contribution in [0.4, 0.5) is 10.1 Å². The van der Waals surface area contributed by atoms with E-state index in [1.165, 1.54) is 17.0 Å². The molecule has 1 heterocycles. The lowest BCUT2D eigenvalue weighted by atomic mass is 9.98. The number of aryl methyl sites for hydroxylation is 1. The summed E-state index contributed by atoms with van der Waals surface area (Å²) >= 11 is 0. The summed E-state index contributed by atoms with van der Waals surface area (Å²) in [4.78, 5) is 29.3. The number of ether oxygens (including phenoxy) is 1. The maximum Gasteiger partial charge on any atom is 0.250 e. The molecule has 2 aromatic carbocycles. The molecule has 0 saturated carbocycles. The first kappa shape index (κ1) is 19.0. The highest BCUT2D eigenvalue weighted by molar-refractivity contribution is 6.07. The van der Waals surface area contributed by atoms with Gasteiger partial charge < -0.3 is 9.64 Å². The van der Waals surface area contributed by atoms with Gasteiger partial charge in [-0.2, -0.15) is 0 Å². The minimum Gasteiger partial charge on any atom is -0.383 e. The van der Waals surface area contributed by atoms with Gasteiger partial charge in [-0.3, -0.25) is 14.5 Å². The maximum absolute atomic E-state index is 13.4. The normalized spacial score (nSPS) is 17.6. The van der Waals surface area contributed by atoms with Gasteiger partial charge in [-0.05, 0) is 48.7 Å². The van der Waals surface area contributed by atoms with E-state index in [4.69, 9.17) is 4.74 Å². The molecule has 1 aliphatic rings. The highest BCUT2D eigenvalue weighted by atomic mass is 19.1. The molecule has 1 atom stereocenters. The second-order valence-corrected chi connectivity index (χ2v) is 6.69. The second kappa shape index (κ2) is 7.88. The molecule has 1 aliphatic heterocycles. The van der Waals surface area contributed by atoms with E-state index in [1.54, 1.807) is 24.1 Å². The van der Waals surface area contributed by atoms with Gasteiger partial charge in [0.05, 0.1) is 6.61 Å². The van der Waals surface area contributed by atoms with E-state index >= 15 is 0 Å². The van der Waals surface area contributed by atoms with Crippen LogP contribution in [0.3, 0.4) is 0 Å². The summed E-state index contributed by atoms with van der Waals surface area (Å²) < 4.78 is 18.5. The van der Waals surface area contributed by atoms with Gasteiger partial charge in [0.2, 0.25) is 5.91 Å². The number of carbonyl (C=O) groups excluding carboxylic acids is 2. The summed E-state index contributed by atoms with van der Waals surface area (Å²) in [5, 5.41) is 0. The first-order valence-corrected chi connectivity index (χ1v) is 8.85. The molecular formula is C21H23FN2O3. The molecule has 1 saturated heterocycles. The Labute approximate surface area is 158 Å². The molecule has 27 heavy (non-hydrogen) atoms. The number of halogens is 1. The number of methoxy groups -OCH3 is 1. The lowest BCUT2D eigenvalue weighted by Crippen LogP contribution is -2.56. The molecule has 2 aromatic rings. The first-order valence-electron chi connectivity index (χ1n) is 8.85. The number of hydrogen-bond acceptors (Lipinski definition) is 3. The lowest BCUT2D eigenvalue weighted by Gasteiger charge is -2.41. The van der Waals surface area contributed by atoms with Crippen molar-refractivity contribution in [3.63, 3.8) is 0 Å². The largest absolute Gasteiger partial charge is 0.383 e. The van der Waals surface area contributed by atoms with E-state index in [0.29, 0.717) is 24.4 Å². The minimum atomic E-state index is -0.829. The van der Waals surface area contributed by atoms with Gasteiger partial charge >= 0.3 is 0 Å². The van der Waals surface area contributed by atoms with Gasteiger partial charge in [0.25, 0.3) is 5.91 Å². The van der Waals surface area contributed by atoms with Gasteiger partial charge in [-0.25, -0.2) is 4.39 Å². The Morgan fingerprint density at radius 1 is 1.11 bits per heavy atom. The van der Waals surface area contributed by atoms with Gasteiger partial charge in [0, 0.05) is 19.3 Å². The van der Waals surface area contributed by atoms with Crippen LogP contribution in [0.25, 0.3) is 0 Å². The quantitative estimate of drug-likeness (QED) is 0.813. The van der Waals surface area contributed by atoms with Crippen molar-refractivity contribution in [1.82, 2.24) is 4.90 Å². The Bertz CT molecular complexity index is 851. The van der Waals surface area contributed by atoms with Crippen LogP contribution in [0.1, 0.15) is 22.7 Å². The summed E-state index contributed by atoms with van der Waals surface area (Å²) in [5.41, 5.74) is 3.26. The van der Waals surface area contributed by atoms with E-state index in [2.05, 4.69) is 0 Å². The molecule has 0 aromatic heterocycles. The zero-order valence-electron chi connectivity index (χ0n) is 15.7. The van der Waals surface area contributed by atoms with Crippen LogP contribution in [-0.2, 0) is 14.3 Å². The summed E-state index contributed by atoms with van der Waals surface area (Å²) in [6.07, 6.45) is 0. The fourth-order valence-corrected chi connectivity index (χ4v) is 3.34. The predicted molar refractivity (Wildman–Crippen MR) is 101 cm³/mol. The zero-order chi connectivity index (χ0) is 19.6. The van der Waals surface area contributed by atoms with Crippen molar-refractivity contribution in [2.75, 3.05) is 31.7 Å². The summed E-state index contributed by atoms with van der Waals surface area (Å²) in [7, 11) is 1.55. The van der Waals surface area contributed by atoms with E-state index in [-0.39, 0.29) is 24.2 Å². The number of nitrogens with zero attached hydrogens (tertiary/aromatic N) is 2. The third-order valence-electron chi connectivity index (χ3n) is 4.99.